The number of hydrogen-bond donors (Lipinski definition) is 2. The monoisotopic (exact) mass is 448 g/mol. The van der Waals surface area contributed by atoms with Crippen LogP contribution in [0.2, 0.25) is 0 Å². The van der Waals surface area contributed by atoms with Crippen LogP contribution in [0.3, 0.4) is 0 Å². The van der Waals surface area contributed by atoms with Gasteiger partial charge in [-0.05, 0) is 42.3 Å². The molecule has 0 radical (unpaired) electrons. The highest BCUT2D eigenvalue weighted by Crippen LogP contribution is 2.25. The first-order valence-electron chi connectivity index (χ1n) is 10.2. The average Bonchev–Trinajstić information content (AvgIpc) is 2.82. The van der Waals surface area contributed by atoms with Crippen LogP contribution in [0.15, 0.2) is 90.2 Å². The van der Waals surface area contributed by atoms with E-state index in [1.807, 2.05) is 19.1 Å². The summed E-state index contributed by atoms with van der Waals surface area (Å²) in [4.78, 5) is 21.4. The molecule has 2 aromatic carbocycles. The van der Waals surface area contributed by atoms with Gasteiger partial charge in [0.25, 0.3) is 15.9 Å². The first-order chi connectivity index (χ1) is 15.5. The van der Waals surface area contributed by atoms with E-state index in [0.717, 1.165) is 5.56 Å². The third-order valence-electron chi connectivity index (χ3n) is 5.10. The number of nitrogens with one attached hydrogen (secondary N) is 2. The van der Waals surface area contributed by atoms with Crippen LogP contribution in [-0.4, -0.2) is 24.3 Å². The van der Waals surface area contributed by atoms with Gasteiger partial charge in [0, 0.05) is 25.4 Å². The molecule has 4 aromatic rings. The molecule has 2 aromatic heterocycles. The zero-order chi connectivity index (χ0) is 22.6. The van der Waals surface area contributed by atoms with Crippen molar-refractivity contribution in [2.24, 2.45) is 0 Å². The van der Waals surface area contributed by atoms with Crippen LogP contribution >= 0.6 is 0 Å². The van der Waals surface area contributed by atoms with Gasteiger partial charge in [-0.1, -0.05) is 43.3 Å². The molecular weight excluding hydrogens is 424 g/mol. The molecule has 1 atom stereocenters. The van der Waals surface area contributed by atoms with Crippen LogP contribution in [0, 0.1) is 0 Å². The molecule has 1 unspecified atom stereocenters. The van der Waals surface area contributed by atoms with Crippen molar-refractivity contribution in [3.05, 3.63) is 96.4 Å². The van der Waals surface area contributed by atoms with Gasteiger partial charge in [-0.2, -0.15) is 0 Å². The van der Waals surface area contributed by atoms with Gasteiger partial charge in [-0.15, -0.1) is 0 Å². The van der Waals surface area contributed by atoms with Crippen LogP contribution in [0.4, 0.5) is 5.69 Å². The molecular formula is C24H24N4O3S. The van der Waals surface area contributed by atoms with Crippen LogP contribution in [0.25, 0.3) is 10.9 Å². The fourth-order valence-corrected chi connectivity index (χ4v) is 4.76. The second-order valence-electron chi connectivity index (χ2n) is 7.20. The van der Waals surface area contributed by atoms with Gasteiger partial charge < -0.3 is 5.32 Å². The molecule has 1 amide bonds. The first kappa shape index (κ1) is 21.5. The van der Waals surface area contributed by atoms with E-state index in [4.69, 9.17) is 0 Å². The molecule has 0 aliphatic heterocycles. The summed E-state index contributed by atoms with van der Waals surface area (Å²) in [6.07, 6.45) is 5.58. The number of carbonyl (C=O) groups is 1. The zero-order valence-corrected chi connectivity index (χ0v) is 18.2. The Bertz CT molecular complexity index is 1360. The Morgan fingerprint density at radius 2 is 1.78 bits per heavy atom. The van der Waals surface area contributed by atoms with E-state index in [9.17, 15) is 13.2 Å². The van der Waals surface area contributed by atoms with E-state index in [2.05, 4.69) is 20.0 Å². The molecule has 0 aliphatic rings. The standard InChI is InChI=1S/C24H22N4O3S.H2/c1-2-20(18-10-6-14-25-16-18)27-24(29)19-11-3-4-12-21(19)28-32(30,31)22-13-5-8-17-9-7-15-26-23(17)22;/h3-16,20,28H,2H2,1H3,(H,27,29);1H. The lowest BCUT2D eigenvalue weighted by atomic mass is 10.1. The lowest BCUT2D eigenvalue weighted by Gasteiger charge is -2.19. The Balaban J connectivity index is 0.00000306. The summed E-state index contributed by atoms with van der Waals surface area (Å²) in [7, 11) is -3.98. The molecule has 4 rings (SSSR count). The highest BCUT2D eigenvalue weighted by molar-refractivity contribution is 7.93. The van der Waals surface area contributed by atoms with Crippen molar-refractivity contribution in [1.29, 1.82) is 0 Å². The van der Waals surface area contributed by atoms with Gasteiger partial charge in [0.05, 0.1) is 22.8 Å². The normalized spacial score (nSPS) is 12.3. The summed E-state index contributed by atoms with van der Waals surface area (Å²) in [5, 5.41) is 3.68. The van der Waals surface area contributed by atoms with E-state index in [0.29, 0.717) is 17.3 Å². The molecule has 0 saturated heterocycles. The van der Waals surface area contributed by atoms with Crippen molar-refractivity contribution >= 4 is 32.5 Å². The Morgan fingerprint density at radius 3 is 2.56 bits per heavy atom. The quantitative estimate of drug-likeness (QED) is 0.432. The molecule has 0 aliphatic carbocycles. The van der Waals surface area contributed by atoms with Crippen LogP contribution in [0.5, 0.6) is 0 Å². The number of amides is 1. The predicted octanol–water partition coefficient (Wildman–Crippen LogP) is 4.56. The lowest BCUT2D eigenvalue weighted by Crippen LogP contribution is -2.29. The summed E-state index contributed by atoms with van der Waals surface area (Å²) in [6.45, 7) is 1.96. The minimum Gasteiger partial charge on any atom is -0.345 e. The second kappa shape index (κ2) is 9.15. The Kier molecular flexibility index (Phi) is 6.13. The largest absolute Gasteiger partial charge is 0.345 e. The smallest absolute Gasteiger partial charge is 0.264 e. The molecule has 0 spiro atoms. The second-order valence-corrected chi connectivity index (χ2v) is 8.85. The van der Waals surface area contributed by atoms with E-state index in [-0.39, 0.29) is 29.5 Å². The van der Waals surface area contributed by atoms with E-state index < -0.39 is 10.0 Å². The minimum absolute atomic E-state index is 0. The number of rotatable bonds is 7. The minimum atomic E-state index is -3.98. The molecule has 2 heterocycles. The zero-order valence-electron chi connectivity index (χ0n) is 17.4. The van der Waals surface area contributed by atoms with Crippen LogP contribution < -0.4 is 10.0 Å². The van der Waals surface area contributed by atoms with E-state index in [1.54, 1.807) is 67.1 Å². The van der Waals surface area contributed by atoms with Crippen molar-refractivity contribution in [2.45, 2.75) is 24.3 Å². The molecule has 0 bridgehead atoms. The highest BCUT2D eigenvalue weighted by atomic mass is 32.2. The summed E-state index contributed by atoms with van der Waals surface area (Å²) in [6, 6.07) is 18.5. The average molecular weight is 449 g/mol. The molecule has 7 nitrogen and oxygen atoms in total. The van der Waals surface area contributed by atoms with E-state index in [1.165, 1.54) is 6.07 Å². The predicted molar refractivity (Wildman–Crippen MR) is 126 cm³/mol. The topological polar surface area (TPSA) is 101 Å². The van der Waals surface area contributed by atoms with E-state index >= 15 is 0 Å². The summed E-state index contributed by atoms with van der Waals surface area (Å²) in [5.74, 6) is -0.380. The van der Waals surface area contributed by atoms with Crippen LogP contribution in [0.1, 0.15) is 36.7 Å². The van der Waals surface area contributed by atoms with Gasteiger partial charge in [0.1, 0.15) is 4.90 Å². The SMILES string of the molecule is CCC(NC(=O)c1ccccc1NS(=O)(=O)c1cccc2cccnc12)c1cccnc1.[HH]. The van der Waals surface area contributed by atoms with Crippen molar-refractivity contribution in [3.8, 4) is 0 Å². The van der Waals surface area contributed by atoms with Gasteiger partial charge in [0.2, 0.25) is 0 Å². The highest BCUT2D eigenvalue weighted by Gasteiger charge is 2.22. The number of pyridine rings is 2. The van der Waals surface area contributed by atoms with Crippen LogP contribution in [-0.2, 0) is 10.0 Å². The van der Waals surface area contributed by atoms with Crippen molar-refractivity contribution in [2.75, 3.05) is 4.72 Å². The number of carbonyl (C=O) groups excluding carboxylic acids is 1. The molecule has 2 N–H and O–H groups in total. The number of aromatic nitrogens is 2. The maximum Gasteiger partial charge on any atom is 0.264 e. The Hall–Kier alpha value is -3.78. The molecule has 32 heavy (non-hydrogen) atoms. The molecule has 0 saturated carbocycles. The molecule has 8 heteroatoms. The summed E-state index contributed by atoms with van der Waals surface area (Å²) < 4.78 is 29.0. The lowest BCUT2D eigenvalue weighted by molar-refractivity contribution is 0.0936. The van der Waals surface area contributed by atoms with Crippen molar-refractivity contribution in [1.82, 2.24) is 15.3 Å². The fourth-order valence-electron chi connectivity index (χ4n) is 3.50. The number of nitrogens with zero attached hydrogens (tertiary/aromatic N) is 2. The van der Waals surface area contributed by atoms with Gasteiger partial charge >= 0.3 is 0 Å². The fraction of sp³-hybridized carbons (Fsp3) is 0.125. The summed E-state index contributed by atoms with van der Waals surface area (Å²) in [5.41, 5.74) is 1.67. The number of hydrogen-bond acceptors (Lipinski definition) is 5. The van der Waals surface area contributed by atoms with Gasteiger partial charge in [-0.3, -0.25) is 19.5 Å². The third kappa shape index (κ3) is 4.45. The number of sulfonamides is 1. The van der Waals surface area contributed by atoms with Crippen molar-refractivity contribution in [3.63, 3.8) is 0 Å². The number of benzene rings is 2. The summed E-state index contributed by atoms with van der Waals surface area (Å²) >= 11 is 0. The van der Waals surface area contributed by atoms with Gasteiger partial charge in [-0.25, -0.2) is 8.42 Å². The molecule has 0 fully saturated rings. The van der Waals surface area contributed by atoms with Gasteiger partial charge in [0.15, 0.2) is 0 Å². The Labute approximate surface area is 188 Å². The number of para-hydroxylation sites is 2. The van der Waals surface area contributed by atoms with Crippen molar-refractivity contribution < 1.29 is 14.6 Å². The third-order valence-corrected chi connectivity index (χ3v) is 6.50. The Morgan fingerprint density at radius 1 is 1.00 bits per heavy atom. The first-order valence-corrected chi connectivity index (χ1v) is 11.6. The molecule has 164 valence electrons. The maximum absolute atomic E-state index is 13.2. The maximum atomic E-state index is 13.2. The number of fused-ring (bicyclic) bond motifs is 1. The number of anilines is 1.